The van der Waals surface area contributed by atoms with Crippen molar-refractivity contribution >= 4 is 35.0 Å². The molecular weight excluding hydrogens is 304 g/mol. The largest absolute Gasteiger partial charge is 0.325 e. The molecule has 0 atom stereocenters. The van der Waals surface area contributed by atoms with Gasteiger partial charge in [-0.15, -0.1) is 11.8 Å². The number of halogens is 1. The Morgan fingerprint density at radius 3 is 2.57 bits per heavy atom. The number of carbonyl (C=O) groups is 1. The van der Waals surface area contributed by atoms with E-state index in [9.17, 15) is 4.79 Å². The van der Waals surface area contributed by atoms with E-state index < -0.39 is 0 Å². The van der Waals surface area contributed by atoms with Crippen LogP contribution in [0.4, 0.5) is 5.69 Å². The summed E-state index contributed by atoms with van der Waals surface area (Å²) in [5, 5.41) is 12.1. The van der Waals surface area contributed by atoms with Gasteiger partial charge in [0.05, 0.1) is 23.3 Å². The van der Waals surface area contributed by atoms with Gasteiger partial charge in [-0.3, -0.25) is 4.79 Å². The Balaban J connectivity index is 1.87. The lowest BCUT2D eigenvalue weighted by molar-refractivity contribution is -0.113. The second kappa shape index (κ2) is 7.72. The van der Waals surface area contributed by atoms with Crippen molar-refractivity contribution < 1.29 is 4.79 Å². The smallest absolute Gasteiger partial charge is 0.234 e. The quantitative estimate of drug-likeness (QED) is 0.844. The highest BCUT2D eigenvalue weighted by atomic mass is 35.5. The molecule has 2 aromatic carbocycles. The van der Waals surface area contributed by atoms with E-state index >= 15 is 0 Å². The maximum Gasteiger partial charge on any atom is 0.234 e. The minimum absolute atomic E-state index is 0.0899. The van der Waals surface area contributed by atoms with Crippen LogP contribution in [-0.2, 0) is 11.2 Å². The first-order valence-corrected chi connectivity index (χ1v) is 7.68. The van der Waals surface area contributed by atoms with Gasteiger partial charge >= 0.3 is 0 Å². The molecule has 0 saturated carbocycles. The number of nitrogens with zero attached hydrogens (tertiary/aromatic N) is 1. The van der Waals surface area contributed by atoms with Crippen molar-refractivity contribution in [2.24, 2.45) is 0 Å². The van der Waals surface area contributed by atoms with Crippen molar-refractivity contribution in [1.29, 1.82) is 5.26 Å². The zero-order valence-corrected chi connectivity index (χ0v) is 12.7. The lowest BCUT2D eigenvalue weighted by Crippen LogP contribution is -2.13. The topological polar surface area (TPSA) is 52.9 Å². The Morgan fingerprint density at radius 1 is 1.19 bits per heavy atom. The third-order valence-corrected chi connectivity index (χ3v) is 4.23. The standard InChI is InChI=1S/C16H13ClN2OS/c17-14-3-1-2-4-15(14)21-11-16(20)19-13-7-5-12(6-8-13)9-10-18/h1-8H,9,11H2,(H,19,20). The van der Waals surface area contributed by atoms with E-state index in [4.69, 9.17) is 16.9 Å². The number of carbonyl (C=O) groups excluding carboxylic acids is 1. The number of anilines is 1. The number of thioether (sulfide) groups is 1. The molecule has 106 valence electrons. The summed E-state index contributed by atoms with van der Waals surface area (Å²) in [7, 11) is 0. The first kappa shape index (κ1) is 15.4. The molecule has 1 N–H and O–H groups in total. The highest BCUT2D eigenvalue weighted by Gasteiger charge is 2.06. The second-order valence-electron chi connectivity index (χ2n) is 4.30. The minimum atomic E-state index is -0.0899. The van der Waals surface area contributed by atoms with Crippen molar-refractivity contribution in [1.82, 2.24) is 0 Å². The number of hydrogen-bond acceptors (Lipinski definition) is 3. The van der Waals surface area contributed by atoms with Crippen molar-refractivity contribution in [2.45, 2.75) is 11.3 Å². The molecule has 2 aromatic rings. The molecule has 0 saturated heterocycles. The van der Waals surface area contributed by atoms with E-state index in [1.807, 2.05) is 30.3 Å². The van der Waals surface area contributed by atoms with Crippen LogP contribution in [0.15, 0.2) is 53.4 Å². The van der Waals surface area contributed by atoms with E-state index in [1.165, 1.54) is 11.8 Å². The minimum Gasteiger partial charge on any atom is -0.325 e. The Kier molecular flexibility index (Phi) is 5.68. The van der Waals surface area contributed by atoms with Gasteiger partial charge in [-0.25, -0.2) is 0 Å². The lowest BCUT2D eigenvalue weighted by atomic mass is 10.1. The Morgan fingerprint density at radius 2 is 1.90 bits per heavy atom. The molecule has 1 amide bonds. The summed E-state index contributed by atoms with van der Waals surface area (Å²) in [6, 6.07) is 16.8. The molecule has 0 unspecified atom stereocenters. The number of hydrogen-bond donors (Lipinski definition) is 1. The maximum atomic E-state index is 11.9. The summed E-state index contributed by atoms with van der Waals surface area (Å²) < 4.78 is 0. The maximum absolute atomic E-state index is 11.9. The highest BCUT2D eigenvalue weighted by molar-refractivity contribution is 8.00. The zero-order chi connectivity index (χ0) is 15.1. The van der Waals surface area contributed by atoms with Gasteiger partial charge in [0.15, 0.2) is 0 Å². The van der Waals surface area contributed by atoms with Crippen molar-refractivity contribution in [3.63, 3.8) is 0 Å². The molecule has 0 heterocycles. The van der Waals surface area contributed by atoms with Crippen LogP contribution in [0.1, 0.15) is 5.56 Å². The van der Waals surface area contributed by atoms with Gasteiger partial charge in [-0.05, 0) is 29.8 Å². The molecule has 2 rings (SSSR count). The highest BCUT2D eigenvalue weighted by Crippen LogP contribution is 2.26. The molecular formula is C16H13ClN2OS. The fourth-order valence-electron chi connectivity index (χ4n) is 1.70. The van der Waals surface area contributed by atoms with Crippen LogP contribution in [0.2, 0.25) is 5.02 Å². The van der Waals surface area contributed by atoms with Crippen LogP contribution in [0.3, 0.4) is 0 Å². The van der Waals surface area contributed by atoms with Crippen LogP contribution in [0.25, 0.3) is 0 Å². The Bertz CT molecular complexity index is 665. The summed E-state index contributed by atoms with van der Waals surface area (Å²) in [5.41, 5.74) is 1.65. The van der Waals surface area contributed by atoms with E-state index in [0.29, 0.717) is 17.2 Å². The third-order valence-electron chi connectivity index (χ3n) is 2.72. The van der Waals surface area contributed by atoms with Gasteiger partial charge in [-0.2, -0.15) is 5.26 Å². The van der Waals surface area contributed by atoms with Crippen LogP contribution in [0.5, 0.6) is 0 Å². The number of nitriles is 1. The van der Waals surface area contributed by atoms with Crippen LogP contribution in [0, 0.1) is 11.3 Å². The number of rotatable bonds is 5. The van der Waals surface area contributed by atoms with Crippen LogP contribution in [-0.4, -0.2) is 11.7 Å². The molecule has 0 aliphatic rings. The fourth-order valence-corrected chi connectivity index (χ4v) is 2.74. The Labute approximate surface area is 132 Å². The summed E-state index contributed by atoms with van der Waals surface area (Å²) in [4.78, 5) is 12.8. The third kappa shape index (κ3) is 4.82. The van der Waals surface area contributed by atoms with Gasteiger partial charge in [0, 0.05) is 10.6 Å². The normalized spacial score (nSPS) is 9.90. The first-order chi connectivity index (χ1) is 10.2. The average Bonchev–Trinajstić information content (AvgIpc) is 2.49. The first-order valence-electron chi connectivity index (χ1n) is 6.32. The molecule has 0 aliphatic heterocycles. The molecule has 0 fully saturated rings. The summed E-state index contributed by atoms with van der Waals surface area (Å²) >= 11 is 7.43. The molecule has 0 aromatic heterocycles. The predicted octanol–water partition coefficient (Wildman–Crippen LogP) is 4.14. The number of nitrogens with one attached hydrogen (secondary N) is 1. The number of benzene rings is 2. The zero-order valence-electron chi connectivity index (χ0n) is 11.2. The van der Waals surface area contributed by atoms with Crippen molar-refractivity contribution in [3.8, 4) is 6.07 Å². The van der Waals surface area contributed by atoms with Gasteiger partial charge < -0.3 is 5.32 Å². The van der Waals surface area contributed by atoms with Crippen LogP contribution < -0.4 is 5.32 Å². The molecule has 0 spiro atoms. The molecule has 0 radical (unpaired) electrons. The average molecular weight is 317 g/mol. The molecule has 3 nitrogen and oxygen atoms in total. The van der Waals surface area contributed by atoms with Crippen molar-refractivity contribution in [2.75, 3.05) is 11.1 Å². The summed E-state index contributed by atoms with van der Waals surface area (Å²) in [6.07, 6.45) is 0.372. The van der Waals surface area contributed by atoms with Crippen molar-refractivity contribution in [3.05, 3.63) is 59.1 Å². The summed E-state index contributed by atoms with van der Waals surface area (Å²) in [6.45, 7) is 0. The molecule has 0 bridgehead atoms. The van der Waals surface area contributed by atoms with E-state index in [-0.39, 0.29) is 5.91 Å². The Hall–Kier alpha value is -1.96. The van der Waals surface area contributed by atoms with Gasteiger partial charge in [0.25, 0.3) is 0 Å². The monoisotopic (exact) mass is 316 g/mol. The van der Waals surface area contributed by atoms with Gasteiger partial charge in [-0.1, -0.05) is 35.9 Å². The molecule has 0 aliphatic carbocycles. The van der Waals surface area contributed by atoms with E-state index in [2.05, 4.69) is 11.4 Å². The predicted molar refractivity (Wildman–Crippen MR) is 86.6 cm³/mol. The van der Waals surface area contributed by atoms with Crippen LogP contribution >= 0.6 is 23.4 Å². The summed E-state index contributed by atoms with van der Waals surface area (Å²) in [5.74, 6) is 0.205. The lowest BCUT2D eigenvalue weighted by Gasteiger charge is -2.06. The number of amides is 1. The molecule has 21 heavy (non-hydrogen) atoms. The molecule has 5 heteroatoms. The second-order valence-corrected chi connectivity index (χ2v) is 5.72. The fraction of sp³-hybridized carbons (Fsp3) is 0.125. The van der Waals surface area contributed by atoms with E-state index in [1.54, 1.807) is 18.2 Å². The van der Waals surface area contributed by atoms with E-state index in [0.717, 1.165) is 16.1 Å². The van der Waals surface area contributed by atoms with Gasteiger partial charge in [0.1, 0.15) is 0 Å². The van der Waals surface area contributed by atoms with Gasteiger partial charge in [0.2, 0.25) is 5.91 Å². The SMILES string of the molecule is N#CCc1ccc(NC(=O)CSc2ccccc2Cl)cc1.